The van der Waals surface area contributed by atoms with E-state index in [0.29, 0.717) is 19.4 Å². The van der Waals surface area contributed by atoms with Crippen molar-refractivity contribution in [2.24, 2.45) is 0 Å². The first kappa shape index (κ1) is 9.55. The second-order valence-electron chi connectivity index (χ2n) is 3.14. The van der Waals surface area contributed by atoms with Gasteiger partial charge in [-0.2, -0.15) is 0 Å². The van der Waals surface area contributed by atoms with E-state index in [9.17, 15) is 4.79 Å². The molecule has 1 aromatic rings. The van der Waals surface area contributed by atoms with E-state index in [-0.39, 0.29) is 17.2 Å². The standard InChI is InChI=1S/C9H9ClN2O2/c10-9-11-4-6(5-12-9)8-3-7(13)1-2-14-8/h4-5,8H,1-3H2. The van der Waals surface area contributed by atoms with Gasteiger partial charge in [-0.15, -0.1) is 0 Å². The minimum Gasteiger partial charge on any atom is -0.372 e. The van der Waals surface area contributed by atoms with Crippen molar-refractivity contribution in [1.29, 1.82) is 0 Å². The molecule has 1 aromatic heterocycles. The third-order valence-electron chi connectivity index (χ3n) is 2.13. The van der Waals surface area contributed by atoms with E-state index in [2.05, 4.69) is 9.97 Å². The molecular formula is C9H9ClN2O2. The molecule has 1 aliphatic heterocycles. The summed E-state index contributed by atoms with van der Waals surface area (Å²) in [4.78, 5) is 18.9. The summed E-state index contributed by atoms with van der Waals surface area (Å²) in [7, 11) is 0. The summed E-state index contributed by atoms with van der Waals surface area (Å²) in [5.74, 6) is 0.219. The van der Waals surface area contributed by atoms with Gasteiger partial charge in [0.1, 0.15) is 5.78 Å². The maximum absolute atomic E-state index is 11.2. The summed E-state index contributed by atoms with van der Waals surface area (Å²) >= 11 is 5.55. The molecule has 1 aliphatic rings. The molecule has 0 amide bonds. The van der Waals surface area contributed by atoms with E-state index in [1.165, 1.54) is 0 Å². The highest BCUT2D eigenvalue weighted by Gasteiger charge is 2.21. The van der Waals surface area contributed by atoms with Gasteiger partial charge in [0.05, 0.1) is 12.7 Å². The lowest BCUT2D eigenvalue weighted by Crippen LogP contribution is -2.19. The number of hydrogen-bond donors (Lipinski definition) is 0. The van der Waals surface area contributed by atoms with Crippen LogP contribution in [0.1, 0.15) is 24.5 Å². The molecule has 74 valence electrons. The van der Waals surface area contributed by atoms with Gasteiger partial charge in [-0.1, -0.05) is 0 Å². The van der Waals surface area contributed by atoms with Crippen molar-refractivity contribution in [1.82, 2.24) is 9.97 Å². The molecule has 0 N–H and O–H groups in total. The predicted molar refractivity (Wildman–Crippen MR) is 50.0 cm³/mol. The van der Waals surface area contributed by atoms with Gasteiger partial charge < -0.3 is 4.74 Å². The number of halogens is 1. The molecule has 14 heavy (non-hydrogen) atoms. The van der Waals surface area contributed by atoms with Gasteiger partial charge in [0.2, 0.25) is 5.28 Å². The van der Waals surface area contributed by atoms with E-state index >= 15 is 0 Å². The average molecular weight is 213 g/mol. The monoisotopic (exact) mass is 212 g/mol. The van der Waals surface area contributed by atoms with Crippen molar-refractivity contribution in [3.63, 3.8) is 0 Å². The molecule has 1 atom stereocenters. The van der Waals surface area contributed by atoms with Gasteiger partial charge in [-0.3, -0.25) is 4.79 Å². The van der Waals surface area contributed by atoms with E-state index in [1.54, 1.807) is 12.4 Å². The summed E-state index contributed by atoms with van der Waals surface area (Å²) < 4.78 is 5.43. The van der Waals surface area contributed by atoms with Gasteiger partial charge in [-0.05, 0) is 11.6 Å². The Hall–Kier alpha value is -1.00. The van der Waals surface area contributed by atoms with Crippen LogP contribution in [0.3, 0.4) is 0 Å². The summed E-state index contributed by atoms with van der Waals surface area (Å²) in [6, 6.07) is 0. The lowest BCUT2D eigenvalue weighted by molar-refractivity contribution is -0.128. The van der Waals surface area contributed by atoms with Crippen molar-refractivity contribution < 1.29 is 9.53 Å². The number of hydrogen-bond acceptors (Lipinski definition) is 4. The zero-order valence-electron chi connectivity index (χ0n) is 7.44. The van der Waals surface area contributed by atoms with Crippen LogP contribution in [-0.4, -0.2) is 22.4 Å². The van der Waals surface area contributed by atoms with Gasteiger partial charge in [0, 0.05) is 30.8 Å². The number of ketones is 1. The van der Waals surface area contributed by atoms with E-state index < -0.39 is 0 Å². The first-order valence-corrected chi connectivity index (χ1v) is 4.74. The number of nitrogens with zero attached hydrogens (tertiary/aromatic N) is 2. The molecule has 0 aromatic carbocycles. The number of aromatic nitrogens is 2. The molecule has 2 heterocycles. The van der Waals surface area contributed by atoms with Crippen LogP contribution in [-0.2, 0) is 9.53 Å². The van der Waals surface area contributed by atoms with Crippen LogP contribution in [0, 0.1) is 0 Å². The summed E-state index contributed by atoms with van der Waals surface area (Å²) in [6.45, 7) is 0.478. The highest BCUT2D eigenvalue weighted by Crippen LogP contribution is 2.25. The summed E-state index contributed by atoms with van der Waals surface area (Å²) in [6.07, 6.45) is 3.90. The number of rotatable bonds is 1. The maximum Gasteiger partial charge on any atom is 0.222 e. The normalized spacial score (nSPS) is 22.4. The van der Waals surface area contributed by atoms with Crippen molar-refractivity contribution in [3.05, 3.63) is 23.2 Å². The van der Waals surface area contributed by atoms with Crippen molar-refractivity contribution >= 4 is 17.4 Å². The second kappa shape index (κ2) is 4.02. The number of carbonyl (C=O) groups is 1. The Morgan fingerprint density at radius 3 is 2.79 bits per heavy atom. The largest absolute Gasteiger partial charge is 0.372 e. The second-order valence-corrected chi connectivity index (χ2v) is 3.48. The first-order valence-electron chi connectivity index (χ1n) is 4.36. The third-order valence-corrected chi connectivity index (χ3v) is 2.32. The maximum atomic E-state index is 11.2. The molecule has 1 saturated heterocycles. The molecule has 2 rings (SSSR count). The number of Topliss-reactive ketones (excluding diaryl/α,β-unsaturated/α-hetero) is 1. The summed E-state index contributed by atoms with van der Waals surface area (Å²) in [5.41, 5.74) is 0.808. The van der Waals surface area contributed by atoms with Crippen LogP contribution in [0.5, 0.6) is 0 Å². The predicted octanol–water partition coefficient (Wildman–Crippen LogP) is 1.55. The van der Waals surface area contributed by atoms with E-state index in [1.807, 2.05) is 0 Å². The first-order chi connectivity index (χ1) is 6.75. The number of carbonyl (C=O) groups excluding carboxylic acids is 1. The van der Waals surface area contributed by atoms with Crippen LogP contribution < -0.4 is 0 Å². The number of ether oxygens (including phenoxy) is 1. The van der Waals surface area contributed by atoms with Crippen LogP contribution in [0.15, 0.2) is 12.4 Å². The Kier molecular flexibility index (Phi) is 2.74. The molecule has 0 spiro atoms. The van der Waals surface area contributed by atoms with Crippen molar-refractivity contribution in [3.8, 4) is 0 Å². The van der Waals surface area contributed by atoms with Gasteiger partial charge in [0.15, 0.2) is 0 Å². The lowest BCUT2D eigenvalue weighted by atomic mass is 10.0. The molecule has 0 saturated carbocycles. The fourth-order valence-corrected chi connectivity index (χ4v) is 1.48. The Morgan fingerprint density at radius 1 is 1.43 bits per heavy atom. The molecule has 4 nitrogen and oxygen atoms in total. The van der Waals surface area contributed by atoms with Crippen LogP contribution in [0.4, 0.5) is 0 Å². The van der Waals surface area contributed by atoms with Gasteiger partial charge in [-0.25, -0.2) is 9.97 Å². The topological polar surface area (TPSA) is 52.1 Å². The van der Waals surface area contributed by atoms with Crippen LogP contribution >= 0.6 is 11.6 Å². The van der Waals surface area contributed by atoms with Crippen molar-refractivity contribution in [2.75, 3.05) is 6.61 Å². The molecule has 0 bridgehead atoms. The van der Waals surface area contributed by atoms with Gasteiger partial charge in [0.25, 0.3) is 0 Å². The molecular weight excluding hydrogens is 204 g/mol. The molecule has 5 heteroatoms. The molecule has 1 fully saturated rings. The minimum absolute atomic E-state index is 0.200. The van der Waals surface area contributed by atoms with Crippen molar-refractivity contribution in [2.45, 2.75) is 18.9 Å². The fourth-order valence-electron chi connectivity index (χ4n) is 1.39. The average Bonchev–Trinajstić information content (AvgIpc) is 2.19. The van der Waals surface area contributed by atoms with Crippen LogP contribution in [0.2, 0.25) is 5.28 Å². The Balaban J connectivity index is 2.14. The van der Waals surface area contributed by atoms with Crippen LogP contribution in [0.25, 0.3) is 0 Å². The minimum atomic E-state index is -0.200. The Labute approximate surface area is 86.3 Å². The Bertz CT molecular complexity index is 339. The lowest BCUT2D eigenvalue weighted by Gasteiger charge is -2.21. The molecule has 1 unspecified atom stereocenters. The zero-order chi connectivity index (χ0) is 9.97. The van der Waals surface area contributed by atoms with Gasteiger partial charge >= 0.3 is 0 Å². The quantitative estimate of drug-likeness (QED) is 0.663. The summed E-state index contributed by atoms with van der Waals surface area (Å²) in [5, 5.41) is 0.205. The molecule has 0 aliphatic carbocycles. The smallest absolute Gasteiger partial charge is 0.222 e. The SMILES string of the molecule is O=C1CCOC(c2cnc(Cl)nc2)C1. The highest BCUT2D eigenvalue weighted by atomic mass is 35.5. The van der Waals surface area contributed by atoms with E-state index in [0.717, 1.165) is 5.56 Å². The zero-order valence-corrected chi connectivity index (χ0v) is 8.20. The highest BCUT2D eigenvalue weighted by molar-refractivity contribution is 6.28. The third kappa shape index (κ3) is 2.08. The van der Waals surface area contributed by atoms with E-state index in [4.69, 9.17) is 16.3 Å². The fraction of sp³-hybridized carbons (Fsp3) is 0.444. The molecule has 0 radical (unpaired) electrons. The Morgan fingerprint density at radius 2 is 2.14 bits per heavy atom.